The van der Waals surface area contributed by atoms with E-state index in [1.54, 1.807) is 18.2 Å². The lowest BCUT2D eigenvalue weighted by atomic mass is 10.2. The second kappa shape index (κ2) is 5.77. The van der Waals surface area contributed by atoms with Gasteiger partial charge in [-0.05, 0) is 17.7 Å². The summed E-state index contributed by atoms with van der Waals surface area (Å²) in [6.07, 6.45) is -0.604. The van der Waals surface area contributed by atoms with Gasteiger partial charge in [-0.3, -0.25) is 0 Å². The first-order valence-corrected chi connectivity index (χ1v) is 8.35. The molecule has 110 valence electrons. The van der Waals surface area contributed by atoms with E-state index >= 15 is 0 Å². The molecular weight excluding hydrogens is 310 g/mol. The van der Waals surface area contributed by atoms with Gasteiger partial charge in [0.25, 0.3) is 0 Å². The van der Waals surface area contributed by atoms with E-state index in [2.05, 4.69) is 0 Å². The van der Waals surface area contributed by atoms with Crippen LogP contribution < -0.4 is 0 Å². The number of nitrogens with zero attached hydrogens (tertiary/aromatic N) is 1. The van der Waals surface area contributed by atoms with Crippen molar-refractivity contribution in [1.82, 2.24) is 4.31 Å². The third-order valence-electron chi connectivity index (χ3n) is 3.36. The molecule has 3 rings (SSSR count). The molecule has 0 amide bonds. The number of hydrogen-bond donors (Lipinski definition) is 0. The molecule has 1 aliphatic heterocycles. The summed E-state index contributed by atoms with van der Waals surface area (Å²) in [5.74, 6) is 0. The third kappa shape index (κ3) is 2.70. The van der Waals surface area contributed by atoms with E-state index in [9.17, 15) is 8.42 Å². The molecule has 1 heterocycles. The van der Waals surface area contributed by atoms with Crippen molar-refractivity contribution in [3.63, 3.8) is 0 Å². The monoisotopic (exact) mass is 323 g/mol. The lowest BCUT2D eigenvalue weighted by molar-refractivity contribution is 0.0683. The maximum atomic E-state index is 12.8. The SMILES string of the molecule is O=S(=O)(c1ccccc1Cl)N1CCOC1c1ccccc1. The molecule has 0 spiro atoms. The Kier molecular flexibility index (Phi) is 3.99. The molecule has 21 heavy (non-hydrogen) atoms. The van der Waals surface area contributed by atoms with E-state index in [4.69, 9.17) is 16.3 Å². The van der Waals surface area contributed by atoms with Crippen LogP contribution >= 0.6 is 11.6 Å². The minimum atomic E-state index is -3.69. The van der Waals surface area contributed by atoms with Crippen LogP contribution in [0.15, 0.2) is 59.5 Å². The van der Waals surface area contributed by atoms with Gasteiger partial charge in [-0.2, -0.15) is 4.31 Å². The average Bonchev–Trinajstić information content (AvgIpc) is 2.99. The molecular formula is C15H14ClNO3S. The van der Waals surface area contributed by atoms with Gasteiger partial charge in [0, 0.05) is 6.54 Å². The highest BCUT2D eigenvalue weighted by molar-refractivity contribution is 7.89. The number of benzene rings is 2. The van der Waals surface area contributed by atoms with Crippen molar-refractivity contribution >= 4 is 21.6 Å². The predicted molar refractivity (Wildman–Crippen MR) is 80.5 cm³/mol. The van der Waals surface area contributed by atoms with E-state index in [1.165, 1.54) is 10.4 Å². The molecule has 2 aromatic rings. The van der Waals surface area contributed by atoms with Gasteiger partial charge in [0.05, 0.1) is 11.6 Å². The highest BCUT2D eigenvalue weighted by atomic mass is 35.5. The fourth-order valence-electron chi connectivity index (χ4n) is 2.36. The van der Waals surface area contributed by atoms with E-state index in [0.29, 0.717) is 13.2 Å². The fourth-order valence-corrected chi connectivity index (χ4v) is 4.36. The zero-order valence-electron chi connectivity index (χ0n) is 11.1. The van der Waals surface area contributed by atoms with Crippen LogP contribution in [-0.4, -0.2) is 25.9 Å². The molecule has 0 aliphatic carbocycles. The molecule has 0 bridgehead atoms. The Bertz CT molecular complexity index is 734. The van der Waals surface area contributed by atoms with E-state index in [0.717, 1.165) is 5.56 Å². The summed E-state index contributed by atoms with van der Waals surface area (Å²) >= 11 is 6.03. The first kappa shape index (κ1) is 14.5. The van der Waals surface area contributed by atoms with Crippen molar-refractivity contribution in [2.24, 2.45) is 0 Å². The van der Waals surface area contributed by atoms with Gasteiger partial charge < -0.3 is 4.74 Å². The number of hydrogen-bond acceptors (Lipinski definition) is 3. The highest BCUT2D eigenvalue weighted by Crippen LogP contribution is 2.34. The summed E-state index contributed by atoms with van der Waals surface area (Å²) in [5, 5.41) is 0.219. The quantitative estimate of drug-likeness (QED) is 0.872. The zero-order chi connectivity index (χ0) is 14.9. The molecule has 4 nitrogen and oxygen atoms in total. The van der Waals surface area contributed by atoms with Gasteiger partial charge >= 0.3 is 0 Å². The summed E-state index contributed by atoms with van der Waals surface area (Å²) in [6, 6.07) is 15.8. The smallest absolute Gasteiger partial charge is 0.247 e. The molecule has 1 atom stereocenters. The fraction of sp³-hybridized carbons (Fsp3) is 0.200. The molecule has 0 radical (unpaired) electrons. The molecule has 6 heteroatoms. The van der Waals surface area contributed by atoms with Gasteiger partial charge in [-0.15, -0.1) is 0 Å². The Balaban J connectivity index is 2.01. The standard InChI is InChI=1S/C15H14ClNO3S/c16-13-8-4-5-9-14(13)21(18,19)17-10-11-20-15(17)12-6-2-1-3-7-12/h1-9,15H,10-11H2. The zero-order valence-corrected chi connectivity index (χ0v) is 12.7. The topological polar surface area (TPSA) is 46.6 Å². The van der Waals surface area contributed by atoms with Gasteiger partial charge in [-0.25, -0.2) is 8.42 Å². The van der Waals surface area contributed by atoms with Crippen LogP contribution in [0.1, 0.15) is 11.8 Å². The molecule has 1 unspecified atom stereocenters. The van der Waals surface area contributed by atoms with Gasteiger partial charge in [0.2, 0.25) is 10.0 Å². The number of halogens is 1. The summed E-state index contributed by atoms with van der Waals surface area (Å²) in [7, 11) is -3.69. The molecule has 1 fully saturated rings. The van der Waals surface area contributed by atoms with Crippen molar-refractivity contribution in [1.29, 1.82) is 0 Å². The second-order valence-electron chi connectivity index (χ2n) is 4.68. The molecule has 0 saturated carbocycles. The molecule has 0 N–H and O–H groups in total. The van der Waals surface area contributed by atoms with Crippen LogP contribution in [0.4, 0.5) is 0 Å². The van der Waals surface area contributed by atoms with Crippen LogP contribution in [0.25, 0.3) is 0 Å². The summed E-state index contributed by atoms with van der Waals surface area (Å²) in [4.78, 5) is 0.109. The van der Waals surface area contributed by atoms with Crippen molar-refractivity contribution in [2.75, 3.05) is 13.2 Å². The Morgan fingerprint density at radius 3 is 2.43 bits per heavy atom. The first-order chi connectivity index (χ1) is 10.1. The first-order valence-electron chi connectivity index (χ1n) is 6.53. The van der Waals surface area contributed by atoms with E-state index in [1.807, 2.05) is 30.3 Å². The average molecular weight is 324 g/mol. The minimum absolute atomic E-state index is 0.109. The molecule has 1 saturated heterocycles. The Hall–Kier alpha value is -1.40. The number of rotatable bonds is 3. The molecule has 1 aliphatic rings. The van der Waals surface area contributed by atoms with Crippen LogP contribution in [0, 0.1) is 0 Å². The van der Waals surface area contributed by atoms with Gasteiger partial charge in [0.15, 0.2) is 0 Å². The summed E-state index contributed by atoms with van der Waals surface area (Å²) in [6.45, 7) is 0.677. The Labute approximate surface area is 129 Å². The maximum Gasteiger partial charge on any atom is 0.247 e. The van der Waals surface area contributed by atoms with Crippen LogP contribution in [0.3, 0.4) is 0 Å². The predicted octanol–water partition coefficient (Wildman–Crippen LogP) is 3.06. The van der Waals surface area contributed by atoms with Crippen molar-refractivity contribution in [2.45, 2.75) is 11.1 Å². The largest absolute Gasteiger partial charge is 0.356 e. The van der Waals surface area contributed by atoms with E-state index in [-0.39, 0.29) is 9.92 Å². The highest BCUT2D eigenvalue weighted by Gasteiger charge is 2.37. The minimum Gasteiger partial charge on any atom is -0.356 e. The van der Waals surface area contributed by atoms with Crippen molar-refractivity contribution in [3.05, 3.63) is 65.2 Å². The van der Waals surface area contributed by atoms with Gasteiger partial charge in [-0.1, -0.05) is 54.1 Å². The number of ether oxygens (including phenoxy) is 1. The van der Waals surface area contributed by atoms with Crippen molar-refractivity contribution in [3.8, 4) is 0 Å². The summed E-state index contributed by atoms with van der Waals surface area (Å²) < 4.78 is 32.6. The Morgan fingerprint density at radius 2 is 1.71 bits per heavy atom. The summed E-state index contributed by atoms with van der Waals surface area (Å²) in [5.41, 5.74) is 0.811. The molecule has 0 aromatic heterocycles. The third-order valence-corrected chi connectivity index (χ3v) is 5.70. The van der Waals surface area contributed by atoms with E-state index < -0.39 is 16.3 Å². The maximum absolute atomic E-state index is 12.8. The lowest BCUT2D eigenvalue weighted by Gasteiger charge is -2.23. The lowest BCUT2D eigenvalue weighted by Crippen LogP contribution is -2.31. The van der Waals surface area contributed by atoms with Crippen molar-refractivity contribution < 1.29 is 13.2 Å². The second-order valence-corrected chi connectivity index (χ2v) is 6.95. The van der Waals surface area contributed by atoms with Crippen LogP contribution in [-0.2, 0) is 14.8 Å². The normalized spacial score (nSPS) is 19.8. The number of sulfonamides is 1. The Morgan fingerprint density at radius 1 is 1.05 bits per heavy atom. The van der Waals surface area contributed by atoms with Crippen LogP contribution in [0.5, 0.6) is 0 Å². The van der Waals surface area contributed by atoms with Gasteiger partial charge in [0.1, 0.15) is 11.1 Å². The van der Waals surface area contributed by atoms with Crippen LogP contribution in [0.2, 0.25) is 5.02 Å². The molecule has 2 aromatic carbocycles.